The molecular formula is C29H44F2O. The summed E-state index contributed by atoms with van der Waals surface area (Å²) >= 11 is 0. The van der Waals surface area contributed by atoms with Gasteiger partial charge in [0.25, 0.3) is 0 Å². The van der Waals surface area contributed by atoms with Crippen LogP contribution in [-0.4, -0.2) is 6.61 Å². The third-order valence-corrected chi connectivity index (χ3v) is 9.14. The molecule has 0 spiro atoms. The summed E-state index contributed by atoms with van der Waals surface area (Å²) in [7, 11) is 0. The molecule has 180 valence electrons. The highest BCUT2D eigenvalue weighted by Crippen LogP contribution is 2.49. The van der Waals surface area contributed by atoms with Crippen LogP contribution >= 0.6 is 0 Å². The van der Waals surface area contributed by atoms with Crippen molar-refractivity contribution in [2.75, 3.05) is 6.61 Å². The van der Waals surface area contributed by atoms with E-state index in [0.29, 0.717) is 24.5 Å². The monoisotopic (exact) mass is 446 g/mol. The van der Waals surface area contributed by atoms with Gasteiger partial charge in [0, 0.05) is 0 Å². The quantitative estimate of drug-likeness (QED) is 0.388. The molecule has 3 aliphatic carbocycles. The second-order valence-electron chi connectivity index (χ2n) is 11.3. The zero-order chi connectivity index (χ0) is 22.5. The zero-order valence-electron chi connectivity index (χ0n) is 20.4. The van der Waals surface area contributed by atoms with Crippen molar-refractivity contribution >= 4 is 0 Å². The second-order valence-corrected chi connectivity index (χ2v) is 11.3. The van der Waals surface area contributed by atoms with Crippen LogP contribution in [0.1, 0.15) is 103 Å². The van der Waals surface area contributed by atoms with Crippen LogP contribution < -0.4 is 4.74 Å². The second kappa shape index (κ2) is 11.3. The molecule has 4 unspecified atom stereocenters. The summed E-state index contributed by atoms with van der Waals surface area (Å²) in [6.45, 7) is 4.83. The van der Waals surface area contributed by atoms with Gasteiger partial charge in [-0.25, -0.2) is 4.39 Å². The molecule has 32 heavy (non-hydrogen) atoms. The number of ether oxygens (including phenoxy) is 1. The minimum atomic E-state index is -0.807. The highest BCUT2D eigenvalue weighted by molar-refractivity contribution is 5.31. The van der Waals surface area contributed by atoms with E-state index in [-0.39, 0.29) is 5.75 Å². The SMILES string of the molecule is CCCc1ccc(OCC2CCC3CC(C4CCC(CCC)CC4)CCC3C2)c(F)c1F. The van der Waals surface area contributed by atoms with Gasteiger partial charge in [0.05, 0.1) is 6.61 Å². The lowest BCUT2D eigenvalue weighted by atomic mass is 9.61. The molecule has 0 aliphatic heterocycles. The van der Waals surface area contributed by atoms with E-state index in [9.17, 15) is 8.78 Å². The number of hydrogen-bond acceptors (Lipinski definition) is 1. The highest BCUT2D eigenvalue weighted by atomic mass is 19.2. The third kappa shape index (κ3) is 5.68. The molecule has 0 amide bonds. The Hall–Kier alpha value is -1.12. The summed E-state index contributed by atoms with van der Waals surface area (Å²) in [5.74, 6) is 3.70. The smallest absolute Gasteiger partial charge is 0.200 e. The average molecular weight is 447 g/mol. The predicted molar refractivity (Wildman–Crippen MR) is 128 cm³/mol. The molecule has 0 N–H and O–H groups in total. The number of aryl methyl sites for hydroxylation is 1. The first-order valence-corrected chi connectivity index (χ1v) is 13.7. The summed E-state index contributed by atoms with van der Waals surface area (Å²) in [4.78, 5) is 0. The van der Waals surface area contributed by atoms with Crippen molar-refractivity contribution < 1.29 is 13.5 Å². The Morgan fingerprint density at radius 1 is 0.719 bits per heavy atom. The summed E-state index contributed by atoms with van der Waals surface area (Å²) in [5.41, 5.74) is 0.452. The van der Waals surface area contributed by atoms with Gasteiger partial charge < -0.3 is 4.74 Å². The van der Waals surface area contributed by atoms with Crippen LogP contribution in [0.2, 0.25) is 0 Å². The lowest BCUT2D eigenvalue weighted by Gasteiger charge is -2.45. The van der Waals surface area contributed by atoms with E-state index in [0.717, 1.165) is 36.0 Å². The van der Waals surface area contributed by atoms with E-state index in [1.54, 1.807) is 12.1 Å². The van der Waals surface area contributed by atoms with Crippen LogP contribution in [0.5, 0.6) is 5.75 Å². The normalized spacial score (nSPS) is 33.0. The lowest BCUT2D eigenvalue weighted by molar-refractivity contribution is 0.0478. The third-order valence-electron chi connectivity index (χ3n) is 9.14. The van der Waals surface area contributed by atoms with E-state index < -0.39 is 11.6 Å². The van der Waals surface area contributed by atoms with Crippen molar-refractivity contribution in [3.05, 3.63) is 29.3 Å². The van der Waals surface area contributed by atoms with E-state index in [4.69, 9.17) is 4.74 Å². The first-order valence-electron chi connectivity index (χ1n) is 13.7. The van der Waals surface area contributed by atoms with Crippen molar-refractivity contribution in [1.29, 1.82) is 0 Å². The van der Waals surface area contributed by atoms with Crippen LogP contribution in [0, 0.1) is 47.1 Å². The first kappa shape index (κ1) is 24.0. The molecule has 0 heterocycles. The summed E-state index contributed by atoms with van der Waals surface area (Å²) in [6.07, 6.45) is 18.0. The minimum Gasteiger partial charge on any atom is -0.490 e. The summed E-state index contributed by atoms with van der Waals surface area (Å²) in [6, 6.07) is 3.31. The number of rotatable bonds is 8. The first-order chi connectivity index (χ1) is 15.6. The Labute approximate surface area is 194 Å². The Bertz CT molecular complexity index is 724. The van der Waals surface area contributed by atoms with Crippen LogP contribution in [0.3, 0.4) is 0 Å². The fraction of sp³-hybridized carbons (Fsp3) is 0.793. The van der Waals surface area contributed by atoms with Crippen molar-refractivity contribution in [3.8, 4) is 5.75 Å². The Balaban J connectivity index is 1.23. The van der Waals surface area contributed by atoms with Gasteiger partial charge in [0.2, 0.25) is 5.82 Å². The maximum absolute atomic E-state index is 14.4. The number of hydrogen-bond donors (Lipinski definition) is 0. The van der Waals surface area contributed by atoms with Crippen molar-refractivity contribution in [2.45, 2.75) is 104 Å². The maximum Gasteiger partial charge on any atom is 0.200 e. The van der Waals surface area contributed by atoms with Crippen LogP contribution in [0.4, 0.5) is 8.78 Å². The molecule has 1 aromatic carbocycles. The summed E-state index contributed by atoms with van der Waals surface area (Å²) < 4.78 is 34.4. The van der Waals surface area contributed by atoms with E-state index >= 15 is 0 Å². The van der Waals surface area contributed by atoms with Crippen LogP contribution in [0.25, 0.3) is 0 Å². The van der Waals surface area contributed by atoms with E-state index in [1.807, 2.05) is 6.92 Å². The standard InChI is InChI=1S/C29H44F2O/c1-3-5-20-7-10-22(11-8-20)25-14-13-24-17-21(9-12-26(24)18-25)19-32-27-16-15-23(6-4-2)28(30)29(27)31/h15-16,20-22,24-26H,3-14,17-19H2,1-2H3. The highest BCUT2D eigenvalue weighted by Gasteiger charge is 2.38. The number of fused-ring (bicyclic) bond motifs is 1. The van der Waals surface area contributed by atoms with Gasteiger partial charge in [0.15, 0.2) is 11.6 Å². The van der Waals surface area contributed by atoms with Gasteiger partial charge in [-0.15, -0.1) is 0 Å². The van der Waals surface area contributed by atoms with E-state index in [2.05, 4.69) is 6.92 Å². The molecular weight excluding hydrogens is 402 g/mol. The fourth-order valence-corrected chi connectivity index (χ4v) is 7.31. The fourth-order valence-electron chi connectivity index (χ4n) is 7.31. The van der Waals surface area contributed by atoms with Gasteiger partial charge in [-0.3, -0.25) is 0 Å². The molecule has 3 fully saturated rings. The van der Waals surface area contributed by atoms with Crippen molar-refractivity contribution in [1.82, 2.24) is 0 Å². The zero-order valence-corrected chi connectivity index (χ0v) is 20.4. The molecule has 4 rings (SSSR count). The van der Waals surface area contributed by atoms with Gasteiger partial charge in [-0.1, -0.05) is 52.0 Å². The topological polar surface area (TPSA) is 9.23 Å². The Morgan fingerprint density at radius 2 is 1.34 bits per heavy atom. The molecule has 0 radical (unpaired) electrons. The Kier molecular flexibility index (Phi) is 8.51. The van der Waals surface area contributed by atoms with Gasteiger partial charge in [0.1, 0.15) is 0 Å². The predicted octanol–water partition coefficient (Wildman–Crippen LogP) is 8.74. The molecule has 1 aromatic rings. The molecule has 0 bridgehead atoms. The molecule has 3 saturated carbocycles. The van der Waals surface area contributed by atoms with E-state index in [1.165, 1.54) is 77.0 Å². The van der Waals surface area contributed by atoms with Crippen LogP contribution in [0.15, 0.2) is 12.1 Å². The maximum atomic E-state index is 14.4. The lowest BCUT2D eigenvalue weighted by Crippen LogP contribution is -2.35. The average Bonchev–Trinajstić information content (AvgIpc) is 2.82. The largest absolute Gasteiger partial charge is 0.490 e. The number of halogens is 2. The van der Waals surface area contributed by atoms with Crippen LogP contribution in [-0.2, 0) is 6.42 Å². The van der Waals surface area contributed by atoms with Crippen molar-refractivity contribution in [3.63, 3.8) is 0 Å². The molecule has 0 aromatic heterocycles. The van der Waals surface area contributed by atoms with Gasteiger partial charge >= 0.3 is 0 Å². The van der Waals surface area contributed by atoms with Gasteiger partial charge in [-0.2, -0.15) is 4.39 Å². The summed E-state index contributed by atoms with van der Waals surface area (Å²) in [5, 5.41) is 0. The molecule has 3 aliphatic rings. The molecule has 0 saturated heterocycles. The molecule has 4 atom stereocenters. The van der Waals surface area contributed by atoms with Crippen molar-refractivity contribution in [2.24, 2.45) is 35.5 Å². The Morgan fingerprint density at radius 3 is 2.06 bits per heavy atom. The van der Waals surface area contributed by atoms with Gasteiger partial charge in [-0.05, 0) is 105 Å². The number of benzene rings is 1. The molecule has 1 nitrogen and oxygen atoms in total. The minimum absolute atomic E-state index is 0.0897. The molecule has 3 heteroatoms.